The standard InChI is InChI=1S/Co.F.Na.H3O4P/c;;;1-5(2,3)4/h;;;(H3,1,2,3,4)/q+2;;+1;/p-3. The molecule has 46 valence electrons. The molecule has 0 aromatic carbocycles. The number of hydrogen-bond acceptors (Lipinski definition) is 4. The Labute approximate surface area is 77.8 Å². The first-order valence-corrected chi connectivity index (χ1v) is 2.19. The Bertz CT molecular complexity index is 62.2. The van der Waals surface area contributed by atoms with E-state index in [1.165, 1.54) is 0 Å². The minimum absolute atomic E-state index is 0. The minimum atomic E-state index is -5.39. The molecule has 0 saturated carbocycles. The van der Waals surface area contributed by atoms with Crippen molar-refractivity contribution in [1.29, 1.82) is 0 Å². The topological polar surface area (TPSA) is 86.2 Å². The molecule has 0 unspecified atom stereocenters. The predicted octanol–water partition coefficient (Wildman–Crippen LogP) is -5.40. The molecular formula is CoFNaO4P. The fourth-order valence-electron chi connectivity index (χ4n) is 0. The molecule has 0 aliphatic carbocycles. The van der Waals surface area contributed by atoms with Crippen LogP contribution in [0.15, 0.2) is 0 Å². The van der Waals surface area contributed by atoms with Crippen LogP contribution < -0.4 is 44.2 Å². The van der Waals surface area contributed by atoms with E-state index in [-0.39, 0.29) is 51.0 Å². The van der Waals surface area contributed by atoms with E-state index in [1.807, 2.05) is 0 Å². The summed E-state index contributed by atoms with van der Waals surface area (Å²) in [4.78, 5) is 25.6. The van der Waals surface area contributed by atoms with Gasteiger partial charge in [-0.15, -0.1) is 0 Å². The fraction of sp³-hybridized carbons (Fsp3) is 0. The Kier molecular flexibility index (Phi) is 24.2. The van der Waals surface area contributed by atoms with Gasteiger partial charge in [0, 0.05) is 4.70 Å². The van der Waals surface area contributed by atoms with E-state index in [0.717, 1.165) is 0 Å². The second-order valence-corrected chi connectivity index (χ2v) is 1.34. The number of halogens is 1. The van der Waals surface area contributed by atoms with E-state index in [9.17, 15) is 0 Å². The molecule has 8 heteroatoms. The number of phosphoric acid groups is 1. The Balaban J connectivity index is -0.0000000267. The van der Waals surface area contributed by atoms with Crippen molar-refractivity contribution in [1.82, 2.24) is 0 Å². The molecule has 0 spiro atoms. The molecule has 8 heavy (non-hydrogen) atoms. The van der Waals surface area contributed by atoms with Gasteiger partial charge in [0.25, 0.3) is 0 Å². The number of rotatable bonds is 0. The van der Waals surface area contributed by atoms with Gasteiger partial charge in [0.15, 0.2) is 0 Å². The maximum Gasteiger partial charge on any atom is 2.00 e. The molecule has 0 aliphatic rings. The van der Waals surface area contributed by atoms with Crippen LogP contribution in [-0.4, -0.2) is 0 Å². The zero-order chi connectivity index (χ0) is 4.50. The molecule has 4 nitrogen and oxygen atoms in total. The van der Waals surface area contributed by atoms with Gasteiger partial charge in [0.1, 0.15) is 0 Å². The van der Waals surface area contributed by atoms with Gasteiger partial charge in [0.05, 0.1) is 0 Å². The molecule has 0 rings (SSSR count). The second kappa shape index (κ2) is 8.55. The molecule has 0 aromatic rings. The molecule has 0 aliphatic heterocycles. The van der Waals surface area contributed by atoms with E-state index < -0.39 is 7.82 Å². The summed E-state index contributed by atoms with van der Waals surface area (Å²) >= 11 is 0. The van der Waals surface area contributed by atoms with Crippen molar-refractivity contribution in [3.8, 4) is 0 Å². The summed E-state index contributed by atoms with van der Waals surface area (Å²) in [6.07, 6.45) is 0. The van der Waals surface area contributed by atoms with Crippen LogP contribution in [0, 0.1) is 0 Å². The third kappa shape index (κ3) is 135. The molecule has 0 N–H and O–H groups in total. The molecule has 0 aromatic heterocycles. The Morgan fingerprint density at radius 2 is 1.12 bits per heavy atom. The average Bonchev–Trinajstić information content (AvgIpc) is 0.722. The van der Waals surface area contributed by atoms with Gasteiger partial charge in [-0.25, -0.2) is 0 Å². The van der Waals surface area contributed by atoms with Crippen molar-refractivity contribution in [2.75, 3.05) is 0 Å². The van der Waals surface area contributed by atoms with Crippen molar-refractivity contribution < 1.29 is 70.3 Å². The molecule has 0 atom stereocenters. The van der Waals surface area contributed by atoms with Gasteiger partial charge in [-0.05, 0) is 0 Å². The first-order valence-electron chi connectivity index (χ1n) is 0.730. The Morgan fingerprint density at radius 3 is 1.12 bits per heavy atom. The van der Waals surface area contributed by atoms with Gasteiger partial charge in [-0.2, -0.15) is 7.82 Å². The quantitative estimate of drug-likeness (QED) is 0.285. The van der Waals surface area contributed by atoms with Crippen LogP contribution in [-0.2, 0) is 21.3 Å². The van der Waals surface area contributed by atoms with Crippen LogP contribution in [0.25, 0.3) is 0 Å². The van der Waals surface area contributed by atoms with Gasteiger partial charge in [0.2, 0.25) is 0 Å². The molecule has 0 heterocycles. The summed E-state index contributed by atoms with van der Waals surface area (Å²) in [6, 6.07) is 0. The van der Waals surface area contributed by atoms with Crippen molar-refractivity contribution in [2.45, 2.75) is 0 Å². The summed E-state index contributed by atoms with van der Waals surface area (Å²) in [7, 11) is -5.39. The Morgan fingerprint density at radius 1 is 1.12 bits per heavy atom. The monoisotopic (exact) mass is 196 g/mol. The van der Waals surface area contributed by atoms with Gasteiger partial charge >= 0.3 is 46.3 Å². The first-order chi connectivity index (χ1) is 2.00. The normalized spacial score (nSPS) is 7.38. The predicted molar refractivity (Wildman–Crippen MR) is 8.71 cm³/mol. The van der Waals surface area contributed by atoms with Crippen LogP contribution in [0.4, 0.5) is 4.70 Å². The van der Waals surface area contributed by atoms with Crippen LogP contribution in [0.3, 0.4) is 0 Å². The maximum absolute atomic E-state index is 8.55. The zero-order valence-electron chi connectivity index (χ0n) is 3.79. The summed E-state index contributed by atoms with van der Waals surface area (Å²) in [5.74, 6) is 0. The third-order valence-corrected chi connectivity index (χ3v) is 0. The summed E-state index contributed by atoms with van der Waals surface area (Å²) in [5.41, 5.74) is 0. The van der Waals surface area contributed by atoms with E-state index in [2.05, 4.69) is 0 Å². The molecular weight excluding hydrogens is 196 g/mol. The van der Waals surface area contributed by atoms with Crippen molar-refractivity contribution in [3.05, 3.63) is 0 Å². The first kappa shape index (κ1) is 22.7. The van der Waals surface area contributed by atoms with Crippen molar-refractivity contribution in [3.63, 3.8) is 0 Å². The van der Waals surface area contributed by atoms with Crippen LogP contribution >= 0.6 is 7.82 Å². The Hall–Kier alpha value is 1.55. The van der Waals surface area contributed by atoms with Crippen LogP contribution in [0.1, 0.15) is 0 Å². The maximum atomic E-state index is 8.55. The van der Waals surface area contributed by atoms with Crippen molar-refractivity contribution >= 4 is 7.82 Å². The third-order valence-electron chi connectivity index (χ3n) is 0. The van der Waals surface area contributed by atoms with Crippen LogP contribution in [0.2, 0.25) is 0 Å². The molecule has 2 radical (unpaired) electrons. The number of hydrogen-bond donors (Lipinski definition) is 0. The summed E-state index contributed by atoms with van der Waals surface area (Å²) < 4.78 is 8.55. The van der Waals surface area contributed by atoms with Crippen molar-refractivity contribution in [2.24, 2.45) is 0 Å². The van der Waals surface area contributed by atoms with Gasteiger partial charge < -0.3 is 19.2 Å². The minimum Gasteiger partial charge on any atom is -0.822 e. The summed E-state index contributed by atoms with van der Waals surface area (Å²) in [5, 5.41) is 0. The fourth-order valence-corrected chi connectivity index (χ4v) is 0. The van der Waals surface area contributed by atoms with Crippen LogP contribution in [0.5, 0.6) is 0 Å². The molecule has 0 bridgehead atoms. The SMILES string of the molecule is O=P([O-])([O-])[O-].[Co+2].[F].[Na+]. The second-order valence-electron chi connectivity index (χ2n) is 0.447. The zero-order valence-corrected chi connectivity index (χ0v) is 7.73. The van der Waals surface area contributed by atoms with E-state index in [4.69, 9.17) is 19.2 Å². The smallest absolute Gasteiger partial charge is 0.822 e. The van der Waals surface area contributed by atoms with Gasteiger partial charge in [-0.1, -0.05) is 0 Å². The molecule has 0 amide bonds. The summed E-state index contributed by atoms with van der Waals surface area (Å²) in [6.45, 7) is 0. The molecule has 0 fully saturated rings. The van der Waals surface area contributed by atoms with E-state index in [0.29, 0.717) is 0 Å². The largest absolute Gasteiger partial charge is 2.00 e. The van der Waals surface area contributed by atoms with Gasteiger partial charge in [-0.3, -0.25) is 0 Å². The molecule has 0 saturated heterocycles. The average molecular weight is 196 g/mol. The van der Waals surface area contributed by atoms with E-state index >= 15 is 0 Å². The van der Waals surface area contributed by atoms with E-state index in [1.54, 1.807) is 0 Å².